The first-order valence-corrected chi connectivity index (χ1v) is 11.7. The summed E-state index contributed by atoms with van der Waals surface area (Å²) in [7, 11) is 0. The molecule has 0 spiro atoms. The maximum atomic E-state index is 12.6. The van der Waals surface area contributed by atoms with Crippen LogP contribution in [0.2, 0.25) is 0 Å². The minimum absolute atomic E-state index is 0.560. The summed E-state index contributed by atoms with van der Waals surface area (Å²) in [5.74, 6) is 3.23. The van der Waals surface area contributed by atoms with Gasteiger partial charge in [0.2, 0.25) is 0 Å². The highest BCUT2D eigenvalue weighted by molar-refractivity contribution is 5.24. The average molecular weight is 418 g/mol. The lowest BCUT2D eigenvalue weighted by atomic mass is 9.68. The van der Waals surface area contributed by atoms with E-state index in [9.17, 15) is 13.2 Å². The highest BCUT2D eigenvalue weighted by atomic mass is 19.4. The number of hydrogen-bond donors (Lipinski definition) is 0. The summed E-state index contributed by atoms with van der Waals surface area (Å²) in [6.45, 7) is 0. The summed E-state index contributed by atoms with van der Waals surface area (Å²) in [6, 6.07) is 7.76. The molecule has 0 amide bonds. The number of benzene rings is 1. The van der Waals surface area contributed by atoms with Crippen molar-refractivity contribution in [1.29, 1.82) is 5.26 Å². The standard InChI is InChI=1S/C26H34F3N/c27-26(28,29)25-17-11-21(12-18-25)5-2-1-4-20-7-13-23(14-8-20)24-15-9-22(10-16-24)6-3-19-30/h3,6,11-12,17-18,20,22-24H,1-2,4-5,7-10,13-16H2/t20-,22-,23-,24-. The Morgan fingerprint density at radius 3 is 2.03 bits per heavy atom. The van der Waals surface area contributed by atoms with Crippen molar-refractivity contribution < 1.29 is 13.2 Å². The third kappa shape index (κ3) is 6.89. The van der Waals surface area contributed by atoms with Crippen LogP contribution in [0.5, 0.6) is 0 Å². The van der Waals surface area contributed by atoms with E-state index in [1.807, 2.05) is 0 Å². The van der Waals surface area contributed by atoms with Crippen LogP contribution in [0.15, 0.2) is 36.4 Å². The first kappa shape index (κ1) is 22.9. The number of allylic oxidation sites excluding steroid dienone is 2. The highest BCUT2D eigenvalue weighted by Crippen LogP contribution is 2.42. The van der Waals surface area contributed by atoms with Crippen molar-refractivity contribution >= 4 is 0 Å². The lowest BCUT2D eigenvalue weighted by Gasteiger charge is -2.37. The minimum atomic E-state index is -4.24. The summed E-state index contributed by atoms with van der Waals surface area (Å²) >= 11 is 0. The smallest absolute Gasteiger partial charge is 0.193 e. The van der Waals surface area contributed by atoms with E-state index in [-0.39, 0.29) is 0 Å². The lowest BCUT2D eigenvalue weighted by molar-refractivity contribution is -0.137. The van der Waals surface area contributed by atoms with Crippen LogP contribution < -0.4 is 0 Å². The molecule has 1 nitrogen and oxygen atoms in total. The predicted octanol–water partition coefficient (Wildman–Crippen LogP) is 8.11. The van der Waals surface area contributed by atoms with Crippen LogP contribution in [0.3, 0.4) is 0 Å². The second-order valence-electron chi connectivity index (χ2n) is 9.38. The molecule has 164 valence electrons. The molecule has 3 rings (SSSR count). The molecule has 2 saturated carbocycles. The SMILES string of the molecule is N#CC=C[C@H]1CC[C@H]([C@H]2CC[C@H](CCCCc3ccc(C(F)(F)F)cc3)CC2)CC1. The first-order valence-electron chi connectivity index (χ1n) is 11.7. The van der Waals surface area contributed by atoms with Gasteiger partial charge in [0.05, 0.1) is 11.6 Å². The van der Waals surface area contributed by atoms with Gasteiger partial charge in [-0.25, -0.2) is 0 Å². The Hall–Kier alpha value is -1.76. The van der Waals surface area contributed by atoms with E-state index in [4.69, 9.17) is 5.26 Å². The molecule has 0 heterocycles. The Morgan fingerprint density at radius 2 is 1.47 bits per heavy atom. The quantitative estimate of drug-likeness (QED) is 0.325. The third-order valence-corrected chi connectivity index (χ3v) is 7.43. The molecule has 0 aliphatic heterocycles. The van der Waals surface area contributed by atoms with E-state index in [0.717, 1.165) is 36.2 Å². The van der Waals surface area contributed by atoms with Crippen LogP contribution >= 0.6 is 0 Å². The number of nitrogens with zero attached hydrogens (tertiary/aromatic N) is 1. The summed E-state index contributed by atoms with van der Waals surface area (Å²) in [5, 5.41) is 8.68. The second-order valence-corrected chi connectivity index (χ2v) is 9.38. The third-order valence-electron chi connectivity index (χ3n) is 7.43. The van der Waals surface area contributed by atoms with Gasteiger partial charge >= 0.3 is 6.18 Å². The number of nitriles is 1. The van der Waals surface area contributed by atoms with E-state index in [1.54, 1.807) is 18.2 Å². The molecule has 4 heteroatoms. The Morgan fingerprint density at radius 1 is 0.867 bits per heavy atom. The number of unbranched alkanes of at least 4 members (excludes halogenated alkanes) is 1. The van der Waals surface area contributed by atoms with Crippen molar-refractivity contribution in [3.8, 4) is 6.07 Å². The fourth-order valence-electron chi connectivity index (χ4n) is 5.56. The first-order chi connectivity index (χ1) is 14.5. The van der Waals surface area contributed by atoms with Crippen molar-refractivity contribution in [1.82, 2.24) is 0 Å². The fourth-order valence-corrected chi connectivity index (χ4v) is 5.56. The molecule has 2 aliphatic carbocycles. The second kappa shape index (κ2) is 11.0. The molecule has 1 aromatic rings. The Balaban J connectivity index is 1.29. The highest BCUT2D eigenvalue weighted by Gasteiger charge is 2.31. The van der Waals surface area contributed by atoms with Gasteiger partial charge < -0.3 is 0 Å². The van der Waals surface area contributed by atoms with Crippen molar-refractivity contribution in [2.45, 2.75) is 83.2 Å². The van der Waals surface area contributed by atoms with Gasteiger partial charge in [-0.1, -0.05) is 43.9 Å². The zero-order valence-corrected chi connectivity index (χ0v) is 17.8. The maximum Gasteiger partial charge on any atom is 0.416 e. The molecule has 0 unspecified atom stereocenters. The summed E-state index contributed by atoms with van der Waals surface area (Å²) in [6.07, 6.45) is 14.4. The van der Waals surface area contributed by atoms with E-state index in [0.29, 0.717) is 5.92 Å². The normalized spacial score (nSPS) is 27.8. The fraction of sp³-hybridized carbons (Fsp3) is 0.654. The Labute approximate surface area is 179 Å². The van der Waals surface area contributed by atoms with E-state index in [2.05, 4.69) is 12.1 Å². The zero-order chi connectivity index (χ0) is 21.4. The maximum absolute atomic E-state index is 12.6. The van der Waals surface area contributed by atoms with Crippen LogP contribution in [0.4, 0.5) is 13.2 Å². The molecular formula is C26H34F3N. The van der Waals surface area contributed by atoms with E-state index in [1.165, 1.54) is 76.3 Å². The topological polar surface area (TPSA) is 23.8 Å². The molecule has 2 fully saturated rings. The average Bonchev–Trinajstić information content (AvgIpc) is 2.76. The van der Waals surface area contributed by atoms with Gasteiger partial charge in [-0.3, -0.25) is 0 Å². The molecule has 1 aromatic carbocycles. The van der Waals surface area contributed by atoms with Gasteiger partial charge in [0.1, 0.15) is 0 Å². The predicted molar refractivity (Wildman–Crippen MR) is 115 cm³/mol. The summed E-state index contributed by atoms with van der Waals surface area (Å²) in [4.78, 5) is 0. The van der Waals surface area contributed by atoms with Gasteiger partial charge in [0, 0.05) is 6.08 Å². The van der Waals surface area contributed by atoms with Crippen LogP contribution in [0.25, 0.3) is 0 Å². The molecule has 0 saturated heterocycles. The zero-order valence-electron chi connectivity index (χ0n) is 17.8. The van der Waals surface area contributed by atoms with Crippen LogP contribution in [-0.4, -0.2) is 0 Å². The van der Waals surface area contributed by atoms with Crippen LogP contribution in [-0.2, 0) is 12.6 Å². The lowest BCUT2D eigenvalue weighted by Crippen LogP contribution is -2.25. The molecule has 30 heavy (non-hydrogen) atoms. The van der Waals surface area contributed by atoms with Crippen molar-refractivity contribution in [2.24, 2.45) is 23.7 Å². The number of alkyl halides is 3. The van der Waals surface area contributed by atoms with Gasteiger partial charge in [0.15, 0.2) is 0 Å². The number of rotatable bonds is 7. The van der Waals surface area contributed by atoms with Crippen LogP contribution in [0, 0.1) is 35.0 Å². The minimum Gasteiger partial charge on any atom is -0.193 e. The van der Waals surface area contributed by atoms with Gasteiger partial charge in [-0.05, 0) is 92.7 Å². The molecule has 2 aliphatic rings. The Kier molecular flexibility index (Phi) is 8.42. The van der Waals surface area contributed by atoms with Gasteiger partial charge in [0.25, 0.3) is 0 Å². The number of hydrogen-bond acceptors (Lipinski definition) is 1. The van der Waals surface area contributed by atoms with Crippen molar-refractivity contribution in [2.75, 3.05) is 0 Å². The molecule has 0 atom stereocenters. The van der Waals surface area contributed by atoms with Crippen molar-refractivity contribution in [3.63, 3.8) is 0 Å². The van der Waals surface area contributed by atoms with Crippen LogP contribution in [0.1, 0.15) is 81.8 Å². The molecule has 0 aromatic heterocycles. The number of halogens is 3. The van der Waals surface area contributed by atoms with E-state index >= 15 is 0 Å². The Bertz CT molecular complexity index is 697. The molecular weight excluding hydrogens is 383 g/mol. The largest absolute Gasteiger partial charge is 0.416 e. The van der Waals surface area contributed by atoms with Crippen molar-refractivity contribution in [3.05, 3.63) is 47.5 Å². The van der Waals surface area contributed by atoms with Gasteiger partial charge in [-0.15, -0.1) is 0 Å². The number of aryl methyl sites for hydroxylation is 1. The molecule has 0 radical (unpaired) electrons. The monoisotopic (exact) mass is 417 g/mol. The molecule has 0 bridgehead atoms. The summed E-state index contributed by atoms with van der Waals surface area (Å²) in [5.41, 5.74) is 0.446. The van der Waals surface area contributed by atoms with E-state index < -0.39 is 11.7 Å². The molecule has 0 N–H and O–H groups in total. The summed E-state index contributed by atoms with van der Waals surface area (Å²) < 4.78 is 37.9. The van der Waals surface area contributed by atoms with Gasteiger partial charge in [-0.2, -0.15) is 18.4 Å².